The molecular weight excluding hydrogens is 430 g/mol. The van der Waals surface area contributed by atoms with Gasteiger partial charge in [-0.3, -0.25) is 9.69 Å². The zero-order valence-electron chi connectivity index (χ0n) is 17.0. The van der Waals surface area contributed by atoms with E-state index in [0.717, 1.165) is 17.7 Å². The van der Waals surface area contributed by atoms with Crippen LogP contribution in [-0.2, 0) is 22.3 Å². The van der Waals surface area contributed by atoms with Gasteiger partial charge in [0.25, 0.3) is 0 Å². The minimum absolute atomic E-state index is 0.0804. The number of ketones is 1. The minimum atomic E-state index is -4.99. The number of ether oxygens (including phenoxy) is 2. The molecule has 0 aromatic heterocycles. The van der Waals surface area contributed by atoms with E-state index < -0.39 is 53.0 Å². The van der Waals surface area contributed by atoms with E-state index in [1.807, 2.05) is 30.3 Å². The number of morpholine rings is 1. The van der Waals surface area contributed by atoms with Crippen molar-refractivity contribution in [3.63, 3.8) is 0 Å². The molecule has 2 aromatic carbocycles. The predicted molar refractivity (Wildman–Crippen MR) is 105 cm³/mol. The predicted octanol–water partition coefficient (Wildman–Crippen LogP) is 4.84. The van der Waals surface area contributed by atoms with Crippen LogP contribution in [0.2, 0.25) is 0 Å². The van der Waals surface area contributed by atoms with Crippen molar-refractivity contribution in [2.75, 3.05) is 13.2 Å². The molecule has 1 amide bonds. The monoisotopic (exact) mass is 451 g/mol. The van der Waals surface area contributed by atoms with E-state index in [-0.39, 0.29) is 32.7 Å². The molecule has 0 radical (unpaired) electrons. The van der Waals surface area contributed by atoms with Gasteiger partial charge in [0, 0.05) is 11.5 Å². The fraction of sp³-hybridized carbons (Fsp3) is 0.391. The summed E-state index contributed by atoms with van der Waals surface area (Å²) in [6.45, 7) is 0.378. The Morgan fingerprint density at radius 1 is 1.00 bits per heavy atom. The van der Waals surface area contributed by atoms with Crippen molar-refractivity contribution in [1.82, 2.24) is 4.90 Å². The van der Waals surface area contributed by atoms with E-state index in [1.54, 1.807) is 0 Å². The van der Waals surface area contributed by atoms with Gasteiger partial charge in [-0.1, -0.05) is 42.5 Å². The molecule has 2 unspecified atom stereocenters. The van der Waals surface area contributed by atoms with Crippen LogP contribution in [0.5, 0.6) is 0 Å². The number of halogens is 4. The smallest absolute Gasteiger partial charge is 0.419 e. The number of piperidine rings is 1. The maximum absolute atomic E-state index is 13.9. The number of Topliss-reactive ketones (excluding diaryl/α,β-unsaturated/α-hetero) is 1. The highest BCUT2D eigenvalue weighted by molar-refractivity contribution is 5.99. The topological polar surface area (TPSA) is 55.8 Å². The molecule has 2 atom stereocenters. The molecule has 9 heteroatoms. The molecule has 2 aliphatic rings. The summed E-state index contributed by atoms with van der Waals surface area (Å²) in [7, 11) is 0. The van der Waals surface area contributed by atoms with Crippen molar-refractivity contribution in [2.45, 2.75) is 37.7 Å². The average molecular weight is 451 g/mol. The number of hydrogen-bond donors (Lipinski definition) is 0. The van der Waals surface area contributed by atoms with E-state index in [0.29, 0.717) is 6.07 Å². The van der Waals surface area contributed by atoms with E-state index in [1.165, 1.54) is 4.90 Å². The molecular formula is C23H21F4NO4. The first-order chi connectivity index (χ1) is 15.3. The summed E-state index contributed by atoms with van der Waals surface area (Å²) in [5.41, 5.74) is -1.41. The molecule has 32 heavy (non-hydrogen) atoms. The van der Waals surface area contributed by atoms with E-state index >= 15 is 0 Å². The van der Waals surface area contributed by atoms with E-state index in [9.17, 15) is 27.2 Å². The van der Waals surface area contributed by atoms with Crippen LogP contribution in [0.15, 0.2) is 48.5 Å². The molecule has 4 rings (SSSR count). The molecule has 2 bridgehead atoms. The van der Waals surface area contributed by atoms with Crippen LogP contribution in [0.4, 0.5) is 22.4 Å². The lowest BCUT2D eigenvalue weighted by molar-refractivity contribution is -0.140. The fourth-order valence-corrected chi connectivity index (χ4v) is 4.46. The van der Waals surface area contributed by atoms with Crippen LogP contribution < -0.4 is 0 Å². The van der Waals surface area contributed by atoms with Gasteiger partial charge in [0.1, 0.15) is 18.0 Å². The molecule has 2 heterocycles. The van der Waals surface area contributed by atoms with Gasteiger partial charge in [0.2, 0.25) is 0 Å². The van der Waals surface area contributed by atoms with Crippen LogP contribution in [0.1, 0.15) is 34.3 Å². The highest BCUT2D eigenvalue weighted by atomic mass is 19.4. The van der Waals surface area contributed by atoms with Crippen LogP contribution in [-0.4, -0.2) is 42.1 Å². The lowest BCUT2D eigenvalue weighted by Crippen LogP contribution is -2.60. The molecule has 0 aliphatic carbocycles. The molecule has 2 saturated heterocycles. The summed E-state index contributed by atoms with van der Waals surface area (Å²) in [5.74, 6) is -3.03. The largest absolute Gasteiger partial charge is 0.445 e. The van der Waals surface area contributed by atoms with Gasteiger partial charge in [-0.25, -0.2) is 9.18 Å². The number of carbonyl (C=O) groups is 2. The van der Waals surface area contributed by atoms with Crippen molar-refractivity contribution >= 4 is 11.9 Å². The van der Waals surface area contributed by atoms with Crippen molar-refractivity contribution in [1.29, 1.82) is 0 Å². The second kappa shape index (κ2) is 8.90. The SMILES string of the molecule is O=C(c1cccc(F)c1C(F)(F)F)C1CC2COCC(C1)N2C(=O)OCc1ccccc1. The van der Waals surface area contributed by atoms with Crippen LogP contribution in [0.25, 0.3) is 0 Å². The zero-order chi connectivity index (χ0) is 22.9. The number of hydrogen-bond acceptors (Lipinski definition) is 4. The number of nitrogens with zero attached hydrogens (tertiary/aromatic N) is 1. The Kier molecular flexibility index (Phi) is 6.19. The first kappa shape index (κ1) is 22.3. The van der Waals surface area contributed by atoms with Crippen LogP contribution in [0, 0.1) is 11.7 Å². The lowest BCUT2D eigenvalue weighted by atomic mass is 9.80. The molecule has 170 valence electrons. The van der Waals surface area contributed by atoms with Gasteiger partial charge in [0.15, 0.2) is 5.78 Å². The van der Waals surface area contributed by atoms with Crippen molar-refractivity contribution in [2.24, 2.45) is 5.92 Å². The lowest BCUT2D eigenvalue weighted by Gasteiger charge is -2.47. The van der Waals surface area contributed by atoms with Gasteiger partial charge < -0.3 is 9.47 Å². The summed E-state index contributed by atoms with van der Waals surface area (Å²) >= 11 is 0. The van der Waals surface area contributed by atoms with Gasteiger partial charge >= 0.3 is 12.3 Å². The first-order valence-electron chi connectivity index (χ1n) is 10.2. The summed E-state index contributed by atoms with van der Waals surface area (Å²) in [6, 6.07) is 10.9. The third kappa shape index (κ3) is 4.48. The quantitative estimate of drug-likeness (QED) is 0.493. The number of alkyl halides is 3. The van der Waals surface area contributed by atoms with Gasteiger partial charge in [0.05, 0.1) is 25.3 Å². The maximum Gasteiger partial charge on any atom is 0.419 e. The van der Waals surface area contributed by atoms with Crippen LogP contribution in [0.3, 0.4) is 0 Å². The van der Waals surface area contributed by atoms with Crippen molar-refractivity contribution < 1.29 is 36.6 Å². The normalized spacial score (nSPS) is 23.0. The summed E-state index contributed by atoms with van der Waals surface area (Å²) in [4.78, 5) is 27.2. The van der Waals surface area contributed by atoms with Crippen molar-refractivity contribution in [3.05, 3.63) is 71.0 Å². The standard InChI is InChI=1S/C23H21F4NO4/c24-19-8-4-7-18(20(19)23(25,26)27)21(29)15-9-16-12-31-13-17(10-15)28(16)22(30)32-11-14-5-2-1-3-6-14/h1-8,15-17H,9-13H2. The maximum atomic E-state index is 13.9. The summed E-state index contributed by atoms with van der Waals surface area (Å²) < 4.78 is 65.0. The summed E-state index contributed by atoms with van der Waals surface area (Å²) in [6.07, 6.45) is -5.32. The van der Waals surface area contributed by atoms with Gasteiger partial charge in [-0.2, -0.15) is 13.2 Å². The zero-order valence-corrected chi connectivity index (χ0v) is 17.0. The van der Waals surface area contributed by atoms with E-state index in [4.69, 9.17) is 9.47 Å². The molecule has 2 fully saturated rings. The second-order valence-electron chi connectivity index (χ2n) is 7.99. The number of rotatable bonds is 4. The Morgan fingerprint density at radius 2 is 1.66 bits per heavy atom. The Balaban J connectivity index is 1.50. The Hall–Kier alpha value is -2.94. The molecule has 2 aliphatic heterocycles. The average Bonchev–Trinajstić information content (AvgIpc) is 2.75. The fourth-order valence-electron chi connectivity index (χ4n) is 4.46. The number of fused-ring (bicyclic) bond motifs is 2. The van der Waals surface area contributed by atoms with E-state index in [2.05, 4.69) is 0 Å². The van der Waals surface area contributed by atoms with Crippen LogP contribution >= 0.6 is 0 Å². The Labute approximate surface area is 181 Å². The highest BCUT2D eigenvalue weighted by Crippen LogP contribution is 2.38. The van der Waals surface area contributed by atoms with Gasteiger partial charge in [-0.15, -0.1) is 0 Å². The molecule has 2 aromatic rings. The third-order valence-electron chi connectivity index (χ3n) is 5.87. The summed E-state index contributed by atoms with van der Waals surface area (Å²) in [5, 5.41) is 0. The number of carbonyl (C=O) groups excluding carboxylic acids is 2. The highest BCUT2D eigenvalue weighted by Gasteiger charge is 2.46. The Morgan fingerprint density at radius 3 is 2.28 bits per heavy atom. The third-order valence-corrected chi connectivity index (χ3v) is 5.87. The van der Waals surface area contributed by atoms with Crippen molar-refractivity contribution in [3.8, 4) is 0 Å². The molecule has 0 N–H and O–H groups in total. The molecule has 0 saturated carbocycles. The number of amides is 1. The molecule has 0 spiro atoms. The molecule has 5 nitrogen and oxygen atoms in total. The second-order valence-corrected chi connectivity index (χ2v) is 7.99. The first-order valence-corrected chi connectivity index (χ1v) is 10.2. The minimum Gasteiger partial charge on any atom is -0.445 e. The Bertz CT molecular complexity index is 981. The van der Waals surface area contributed by atoms with Gasteiger partial charge in [-0.05, 0) is 24.5 Å². The number of benzene rings is 2.